The van der Waals surface area contributed by atoms with Crippen LogP contribution in [0.15, 0.2) is 10.2 Å². The average Bonchev–Trinajstić information content (AvgIpc) is 2.28. The molecular weight excluding hydrogens is 250 g/mol. The summed E-state index contributed by atoms with van der Waals surface area (Å²) in [6, 6.07) is 0. The lowest BCUT2D eigenvalue weighted by Gasteiger charge is -2.36. The van der Waals surface area contributed by atoms with Gasteiger partial charge in [-0.05, 0) is 44.7 Å². The van der Waals surface area contributed by atoms with Crippen LogP contribution in [0, 0.1) is 0 Å². The molecule has 1 amide bonds. The first-order valence-corrected chi connectivity index (χ1v) is 5.92. The molecule has 0 aliphatic carbocycles. The second-order valence-electron chi connectivity index (χ2n) is 5.33. The number of carbonyl (C=O) groups is 1. The molecule has 0 radical (unpaired) electrons. The smallest absolute Gasteiger partial charge is 0.410 e. The van der Waals surface area contributed by atoms with E-state index >= 15 is 0 Å². The predicted molar refractivity (Wildman–Crippen MR) is 68.1 cm³/mol. The van der Waals surface area contributed by atoms with Crippen molar-refractivity contribution in [1.82, 2.24) is 4.90 Å². The number of azide groups is 1. The van der Waals surface area contributed by atoms with Gasteiger partial charge < -0.3 is 9.64 Å². The molecule has 0 saturated carbocycles. The Hall–Kier alpha value is -2.11. The molecule has 1 aliphatic heterocycles. The Kier molecular flexibility index (Phi) is 4.47. The Morgan fingerprint density at radius 1 is 1.21 bits per heavy atom. The quantitative estimate of drug-likeness (QED) is 0.432. The van der Waals surface area contributed by atoms with Gasteiger partial charge in [0.15, 0.2) is 0 Å². The Labute approximate surface area is 110 Å². The standard InChI is InChI=1S/C10H17N7O2/c1-9(2,3)19-8(18)17-6-4-10(5-7-17,13-15-11)14-16-12/h4-7H2,1-3H3. The van der Waals surface area contributed by atoms with Crippen molar-refractivity contribution in [3.05, 3.63) is 20.9 Å². The van der Waals surface area contributed by atoms with Gasteiger partial charge in [-0.25, -0.2) is 4.79 Å². The summed E-state index contributed by atoms with van der Waals surface area (Å²) in [7, 11) is 0. The van der Waals surface area contributed by atoms with Crippen molar-refractivity contribution in [2.75, 3.05) is 13.1 Å². The molecule has 9 heteroatoms. The van der Waals surface area contributed by atoms with Crippen molar-refractivity contribution in [1.29, 1.82) is 0 Å². The van der Waals surface area contributed by atoms with Crippen LogP contribution in [0.4, 0.5) is 4.79 Å². The Morgan fingerprint density at radius 2 is 1.68 bits per heavy atom. The summed E-state index contributed by atoms with van der Waals surface area (Å²) in [6.07, 6.45) is 0.170. The minimum absolute atomic E-state index is 0.292. The minimum atomic E-state index is -1.11. The zero-order valence-electron chi connectivity index (χ0n) is 11.3. The van der Waals surface area contributed by atoms with Gasteiger partial charge in [0, 0.05) is 22.9 Å². The summed E-state index contributed by atoms with van der Waals surface area (Å²) in [4.78, 5) is 18.8. The van der Waals surface area contributed by atoms with E-state index in [1.54, 1.807) is 20.8 Å². The summed E-state index contributed by atoms with van der Waals surface area (Å²) in [5.74, 6) is 0. The predicted octanol–water partition coefficient (Wildman–Crippen LogP) is 3.33. The maximum Gasteiger partial charge on any atom is 0.410 e. The summed E-state index contributed by atoms with van der Waals surface area (Å²) in [5, 5.41) is 7.11. The molecule has 0 aromatic carbocycles. The van der Waals surface area contributed by atoms with E-state index in [9.17, 15) is 4.79 Å². The van der Waals surface area contributed by atoms with Crippen LogP contribution < -0.4 is 0 Å². The number of amides is 1. The van der Waals surface area contributed by atoms with Crippen LogP contribution in [0.1, 0.15) is 33.6 Å². The number of ether oxygens (including phenoxy) is 1. The minimum Gasteiger partial charge on any atom is -0.444 e. The molecule has 1 rings (SSSR count). The summed E-state index contributed by atoms with van der Waals surface area (Å²) in [5.41, 5.74) is 15.4. The van der Waals surface area contributed by atoms with Gasteiger partial charge in [0.25, 0.3) is 0 Å². The van der Waals surface area contributed by atoms with E-state index in [0.717, 1.165) is 0 Å². The fraction of sp³-hybridized carbons (Fsp3) is 0.900. The highest BCUT2D eigenvalue weighted by Gasteiger charge is 2.35. The van der Waals surface area contributed by atoms with Crippen molar-refractivity contribution < 1.29 is 9.53 Å². The average molecular weight is 267 g/mol. The van der Waals surface area contributed by atoms with Crippen molar-refractivity contribution in [2.24, 2.45) is 10.2 Å². The van der Waals surface area contributed by atoms with Crippen LogP contribution in [-0.4, -0.2) is 35.3 Å². The highest BCUT2D eigenvalue weighted by Crippen LogP contribution is 2.29. The van der Waals surface area contributed by atoms with Crippen LogP contribution in [0.2, 0.25) is 0 Å². The SMILES string of the molecule is CC(C)(C)OC(=O)N1CCC(N=[N+]=[N-])(N=[N+]=[N-])CC1. The lowest BCUT2D eigenvalue weighted by Crippen LogP contribution is -2.46. The third-order valence-electron chi connectivity index (χ3n) is 2.68. The summed E-state index contributed by atoms with van der Waals surface area (Å²) < 4.78 is 5.25. The molecule has 1 aliphatic rings. The maximum atomic E-state index is 11.8. The van der Waals surface area contributed by atoms with Crippen molar-refractivity contribution in [3.8, 4) is 0 Å². The van der Waals surface area contributed by atoms with E-state index in [0.29, 0.717) is 25.9 Å². The fourth-order valence-corrected chi connectivity index (χ4v) is 1.76. The molecular formula is C10H17N7O2. The molecule has 9 nitrogen and oxygen atoms in total. The lowest BCUT2D eigenvalue weighted by molar-refractivity contribution is 0.0172. The molecule has 1 saturated heterocycles. The van der Waals surface area contributed by atoms with E-state index in [1.165, 1.54) is 4.90 Å². The number of hydrogen-bond donors (Lipinski definition) is 0. The molecule has 0 spiro atoms. The zero-order valence-corrected chi connectivity index (χ0v) is 11.3. The monoisotopic (exact) mass is 267 g/mol. The largest absolute Gasteiger partial charge is 0.444 e. The number of carbonyl (C=O) groups excluding carboxylic acids is 1. The van der Waals surface area contributed by atoms with E-state index in [1.807, 2.05) is 0 Å². The van der Waals surface area contributed by atoms with Gasteiger partial charge in [-0.3, -0.25) is 0 Å². The molecule has 19 heavy (non-hydrogen) atoms. The number of rotatable bonds is 2. The van der Waals surface area contributed by atoms with Crippen molar-refractivity contribution >= 4 is 6.09 Å². The number of piperidine rings is 1. The van der Waals surface area contributed by atoms with E-state index < -0.39 is 17.4 Å². The van der Waals surface area contributed by atoms with Crippen LogP contribution >= 0.6 is 0 Å². The van der Waals surface area contributed by atoms with Crippen LogP contribution in [-0.2, 0) is 4.74 Å². The van der Waals surface area contributed by atoms with Gasteiger partial charge in [0.1, 0.15) is 11.3 Å². The third-order valence-corrected chi connectivity index (χ3v) is 2.68. The van der Waals surface area contributed by atoms with Crippen molar-refractivity contribution in [3.63, 3.8) is 0 Å². The molecule has 0 atom stereocenters. The van der Waals surface area contributed by atoms with Gasteiger partial charge >= 0.3 is 6.09 Å². The van der Waals surface area contributed by atoms with Gasteiger partial charge in [-0.2, -0.15) is 0 Å². The molecule has 0 aromatic rings. The lowest BCUT2D eigenvalue weighted by atomic mass is 9.99. The Morgan fingerprint density at radius 3 is 2.05 bits per heavy atom. The molecule has 0 bridgehead atoms. The van der Waals surface area contributed by atoms with Gasteiger partial charge in [0.05, 0.1) is 0 Å². The highest BCUT2D eigenvalue weighted by molar-refractivity contribution is 5.68. The highest BCUT2D eigenvalue weighted by atomic mass is 16.6. The van der Waals surface area contributed by atoms with Crippen LogP contribution in [0.25, 0.3) is 20.9 Å². The second-order valence-corrected chi connectivity index (χ2v) is 5.33. The van der Waals surface area contributed by atoms with Gasteiger partial charge in [-0.1, -0.05) is 10.2 Å². The molecule has 0 N–H and O–H groups in total. The number of likely N-dealkylation sites (tertiary alicyclic amines) is 1. The van der Waals surface area contributed by atoms with Crippen LogP contribution in [0.3, 0.4) is 0 Å². The molecule has 1 heterocycles. The first kappa shape index (κ1) is 14.9. The molecule has 104 valence electrons. The van der Waals surface area contributed by atoms with E-state index in [-0.39, 0.29) is 0 Å². The van der Waals surface area contributed by atoms with E-state index in [4.69, 9.17) is 15.8 Å². The normalized spacial score (nSPS) is 17.9. The van der Waals surface area contributed by atoms with Crippen molar-refractivity contribution in [2.45, 2.75) is 44.9 Å². The first-order valence-electron chi connectivity index (χ1n) is 5.92. The van der Waals surface area contributed by atoms with Gasteiger partial charge in [-0.15, -0.1) is 0 Å². The molecule has 0 unspecified atom stereocenters. The second kappa shape index (κ2) is 5.69. The molecule has 1 fully saturated rings. The Balaban J connectivity index is 2.68. The van der Waals surface area contributed by atoms with Crippen LogP contribution in [0.5, 0.6) is 0 Å². The number of hydrogen-bond acceptors (Lipinski definition) is 4. The van der Waals surface area contributed by atoms with Gasteiger partial charge in [0.2, 0.25) is 0 Å². The Bertz CT molecular complexity index is 415. The molecule has 0 aromatic heterocycles. The zero-order chi connectivity index (χ0) is 14.5. The maximum absolute atomic E-state index is 11.8. The topological polar surface area (TPSA) is 127 Å². The third kappa shape index (κ3) is 4.24. The first-order chi connectivity index (χ1) is 8.82. The summed E-state index contributed by atoms with van der Waals surface area (Å²) in [6.45, 7) is 6.02. The summed E-state index contributed by atoms with van der Waals surface area (Å²) >= 11 is 0. The fourth-order valence-electron chi connectivity index (χ4n) is 1.76. The number of nitrogens with zero attached hydrogens (tertiary/aromatic N) is 7. The van der Waals surface area contributed by atoms with E-state index in [2.05, 4.69) is 20.1 Å².